The van der Waals surface area contributed by atoms with Crippen LogP contribution < -0.4 is 11.2 Å². The smallest absolute Gasteiger partial charge is 0.332 e. The van der Waals surface area contributed by atoms with E-state index in [0.717, 1.165) is 10.3 Å². The van der Waals surface area contributed by atoms with Crippen LogP contribution >= 0.6 is 0 Å². The number of aliphatic hydroxyl groups is 1. The Kier molecular flexibility index (Phi) is 2.80. The summed E-state index contributed by atoms with van der Waals surface area (Å²) in [5.74, 6) is 0.543. The normalized spacial score (nSPS) is 13.4. The van der Waals surface area contributed by atoms with Crippen LogP contribution in [0.1, 0.15) is 12.6 Å². The van der Waals surface area contributed by atoms with Crippen molar-refractivity contribution in [2.24, 2.45) is 14.1 Å². The van der Waals surface area contributed by atoms with E-state index >= 15 is 0 Å². The van der Waals surface area contributed by atoms with E-state index in [9.17, 15) is 14.7 Å². The van der Waals surface area contributed by atoms with Crippen molar-refractivity contribution in [2.75, 3.05) is 0 Å². The monoisotopic (exact) mass is 291 g/mol. The SMILES string of the molecule is Cc1cn2c3c(=O)n(C)c(=O)n(C)c3nc2n1C[C@H](C)O. The Morgan fingerprint density at radius 3 is 2.57 bits per heavy atom. The van der Waals surface area contributed by atoms with Gasteiger partial charge in [-0.2, -0.15) is 4.98 Å². The van der Waals surface area contributed by atoms with E-state index < -0.39 is 11.8 Å². The van der Waals surface area contributed by atoms with Gasteiger partial charge >= 0.3 is 5.69 Å². The number of aryl methyl sites for hydroxylation is 2. The van der Waals surface area contributed by atoms with Crippen LogP contribution in [0.25, 0.3) is 16.9 Å². The van der Waals surface area contributed by atoms with Gasteiger partial charge in [-0.3, -0.25) is 18.3 Å². The van der Waals surface area contributed by atoms with Crippen LogP contribution in [-0.2, 0) is 20.6 Å². The summed E-state index contributed by atoms with van der Waals surface area (Å²) in [4.78, 5) is 28.7. The minimum absolute atomic E-state index is 0.345. The first kappa shape index (κ1) is 13.6. The zero-order valence-electron chi connectivity index (χ0n) is 12.4. The van der Waals surface area contributed by atoms with Crippen LogP contribution in [-0.4, -0.2) is 34.3 Å². The highest BCUT2D eigenvalue weighted by Crippen LogP contribution is 2.16. The standard InChI is InChI=1S/C13H17N5O3/c1-7-5-18-9-10(14-12(18)17(7)6-8(2)19)15(3)13(21)16(4)11(9)20/h5,8,19H,6H2,1-4H3/t8-/m0/s1. The van der Waals surface area contributed by atoms with Crippen LogP contribution in [0.2, 0.25) is 0 Å². The van der Waals surface area contributed by atoms with Gasteiger partial charge in [-0.05, 0) is 13.8 Å². The van der Waals surface area contributed by atoms with E-state index in [2.05, 4.69) is 4.98 Å². The number of fused-ring (bicyclic) bond motifs is 3. The van der Waals surface area contributed by atoms with Crippen LogP contribution in [0.4, 0.5) is 0 Å². The van der Waals surface area contributed by atoms with Crippen molar-refractivity contribution in [2.45, 2.75) is 26.5 Å². The number of hydrogen-bond acceptors (Lipinski definition) is 4. The molecule has 0 spiro atoms. The fourth-order valence-electron chi connectivity index (χ4n) is 2.62. The summed E-state index contributed by atoms with van der Waals surface area (Å²) in [6, 6.07) is 0. The molecule has 0 amide bonds. The molecule has 0 saturated carbocycles. The summed E-state index contributed by atoms with van der Waals surface area (Å²) in [6.07, 6.45) is 1.25. The summed E-state index contributed by atoms with van der Waals surface area (Å²) < 4.78 is 5.92. The molecule has 21 heavy (non-hydrogen) atoms. The summed E-state index contributed by atoms with van der Waals surface area (Å²) in [6.45, 7) is 3.95. The molecular weight excluding hydrogens is 274 g/mol. The van der Waals surface area contributed by atoms with Crippen molar-refractivity contribution in [3.63, 3.8) is 0 Å². The fraction of sp³-hybridized carbons (Fsp3) is 0.462. The van der Waals surface area contributed by atoms with Crippen molar-refractivity contribution >= 4 is 16.9 Å². The highest BCUT2D eigenvalue weighted by molar-refractivity contribution is 5.75. The fourth-order valence-corrected chi connectivity index (χ4v) is 2.62. The third kappa shape index (κ3) is 1.75. The molecule has 8 nitrogen and oxygen atoms in total. The second kappa shape index (κ2) is 4.32. The van der Waals surface area contributed by atoms with Crippen LogP contribution in [0, 0.1) is 6.92 Å². The van der Waals surface area contributed by atoms with Gasteiger partial charge in [0.1, 0.15) is 0 Å². The number of aliphatic hydroxyl groups excluding tert-OH is 1. The third-order valence-corrected chi connectivity index (χ3v) is 3.70. The van der Waals surface area contributed by atoms with Gasteiger partial charge < -0.3 is 9.67 Å². The van der Waals surface area contributed by atoms with Gasteiger partial charge in [0, 0.05) is 26.0 Å². The minimum Gasteiger partial charge on any atom is -0.392 e. The number of imidazole rings is 2. The van der Waals surface area contributed by atoms with Crippen LogP contribution in [0.3, 0.4) is 0 Å². The van der Waals surface area contributed by atoms with E-state index in [0.29, 0.717) is 23.5 Å². The average Bonchev–Trinajstić information content (AvgIpc) is 2.91. The molecule has 0 radical (unpaired) electrons. The van der Waals surface area contributed by atoms with Gasteiger partial charge in [0.25, 0.3) is 5.56 Å². The highest BCUT2D eigenvalue weighted by Gasteiger charge is 2.19. The third-order valence-electron chi connectivity index (χ3n) is 3.70. The molecule has 0 fully saturated rings. The Labute approximate surface area is 119 Å². The first-order valence-corrected chi connectivity index (χ1v) is 6.65. The van der Waals surface area contributed by atoms with Gasteiger partial charge in [-0.15, -0.1) is 0 Å². The Bertz CT molecular complexity index is 970. The average molecular weight is 291 g/mol. The molecule has 3 heterocycles. The molecule has 0 bridgehead atoms. The molecule has 3 aromatic heterocycles. The molecule has 0 aliphatic carbocycles. The highest BCUT2D eigenvalue weighted by atomic mass is 16.3. The summed E-state index contributed by atoms with van der Waals surface area (Å²) >= 11 is 0. The first-order valence-electron chi connectivity index (χ1n) is 6.65. The topological polar surface area (TPSA) is 86.5 Å². The van der Waals surface area contributed by atoms with E-state index in [1.807, 2.05) is 11.5 Å². The molecule has 0 unspecified atom stereocenters. The van der Waals surface area contributed by atoms with E-state index in [1.165, 1.54) is 11.6 Å². The molecule has 1 N–H and O–H groups in total. The Morgan fingerprint density at radius 1 is 1.29 bits per heavy atom. The van der Waals surface area contributed by atoms with Crippen molar-refractivity contribution in [1.29, 1.82) is 0 Å². The molecule has 0 aliphatic rings. The maximum absolute atomic E-state index is 12.3. The number of rotatable bonds is 2. The van der Waals surface area contributed by atoms with Gasteiger partial charge in [-0.1, -0.05) is 0 Å². The molecular formula is C13H17N5O3. The Morgan fingerprint density at radius 2 is 1.95 bits per heavy atom. The lowest BCUT2D eigenvalue weighted by Crippen LogP contribution is -2.37. The zero-order chi connectivity index (χ0) is 15.5. The lowest BCUT2D eigenvalue weighted by molar-refractivity contribution is 0.174. The maximum Gasteiger partial charge on any atom is 0.332 e. The van der Waals surface area contributed by atoms with Gasteiger partial charge in [0.2, 0.25) is 5.78 Å². The largest absolute Gasteiger partial charge is 0.392 e. The predicted octanol–water partition coefficient (Wildman–Crippen LogP) is -0.624. The maximum atomic E-state index is 12.3. The molecule has 0 aromatic carbocycles. The lowest BCUT2D eigenvalue weighted by Gasteiger charge is -2.07. The second-order valence-electron chi connectivity index (χ2n) is 5.39. The molecule has 1 atom stereocenters. The molecule has 0 aliphatic heterocycles. The van der Waals surface area contributed by atoms with Gasteiger partial charge in [-0.25, -0.2) is 4.79 Å². The van der Waals surface area contributed by atoms with E-state index in [4.69, 9.17) is 0 Å². The van der Waals surface area contributed by atoms with E-state index in [-0.39, 0.29) is 5.56 Å². The van der Waals surface area contributed by atoms with Crippen molar-refractivity contribution in [3.8, 4) is 0 Å². The van der Waals surface area contributed by atoms with Crippen LogP contribution in [0.15, 0.2) is 15.8 Å². The summed E-state index contributed by atoms with van der Waals surface area (Å²) in [7, 11) is 3.03. The number of aromatic nitrogens is 5. The van der Waals surface area contributed by atoms with Gasteiger partial charge in [0.15, 0.2) is 11.2 Å². The van der Waals surface area contributed by atoms with Crippen molar-refractivity contribution in [3.05, 3.63) is 32.7 Å². The summed E-state index contributed by atoms with van der Waals surface area (Å²) in [5, 5.41) is 9.60. The number of hydrogen-bond donors (Lipinski definition) is 1. The predicted molar refractivity (Wildman–Crippen MR) is 77.6 cm³/mol. The lowest BCUT2D eigenvalue weighted by atomic mass is 10.4. The number of nitrogens with zero attached hydrogens (tertiary/aromatic N) is 5. The van der Waals surface area contributed by atoms with Crippen molar-refractivity contribution < 1.29 is 5.11 Å². The zero-order valence-corrected chi connectivity index (χ0v) is 12.4. The molecule has 0 saturated heterocycles. The molecule has 112 valence electrons. The Balaban J connectivity index is 2.51. The second-order valence-corrected chi connectivity index (χ2v) is 5.39. The van der Waals surface area contributed by atoms with Crippen molar-refractivity contribution in [1.82, 2.24) is 23.1 Å². The Hall–Kier alpha value is -2.35. The van der Waals surface area contributed by atoms with E-state index in [1.54, 1.807) is 24.6 Å². The van der Waals surface area contributed by atoms with Gasteiger partial charge in [0.05, 0.1) is 12.6 Å². The minimum atomic E-state index is -0.536. The summed E-state index contributed by atoms with van der Waals surface area (Å²) in [5.41, 5.74) is 0.803. The van der Waals surface area contributed by atoms with Crippen LogP contribution in [0.5, 0.6) is 0 Å². The quantitative estimate of drug-likeness (QED) is 0.681. The molecule has 3 aromatic rings. The molecule has 3 rings (SSSR count). The first-order chi connectivity index (χ1) is 9.82. The molecule has 8 heteroatoms.